The van der Waals surface area contributed by atoms with Crippen LogP contribution in [-0.4, -0.2) is 16.9 Å². The van der Waals surface area contributed by atoms with Crippen LogP contribution in [-0.2, 0) is 4.79 Å². The molecule has 1 aromatic heterocycles. The number of amides is 1. The first kappa shape index (κ1) is 17.4. The van der Waals surface area contributed by atoms with Crippen LogP contribution < -0.4 is 15.8 Å². The second-order valence-corrected chi connectivity index (χ2v) is 6.87. The summed E-state index contributed by atoms with van der Waals surface area (Å²) in [4.78, 5) is 16.7. The van der Waals surface area contributed by atoms with Crippen LogP contribution >= 0.6 is 0 Å². The number of hydrogen-bond donors (Lipinski definition) is 2. The fourth-order valence-electron chi connectivity index (χ4n) is 3.17. The molecule has 1 aliphatic carbocycles. The molecule has 2 unspecified atom stereocenters. The van der Waals surface area contributed by atoms with Gasteiger partial charge in [0.05, 0.1) is 0 Å². The molecule has 3 N–H and O–H groups in total. The molecule has 25 heavy (non-hydrogen) atoms. The van der Waals surface area contributed by atoms with E-state index in [0.29, 0.717) is 11.6 Å². The summed E-state index contributed by atoms with van der Waals surface area (Å²) in [5.41, 5.74) is 8.80. The van der Waals surface area contributed by atoms with Gasteiger partial charge in [0, 0.05) is 36.0 Å². The summed E-state index contributed by atoms with van der Waals surface area (Å²) in [6, 6.07) is 9.62. The Morgan fingerprint density at radius 1 is 1.24 bits per heavy atom. The molecule has 0 radical (unpaired) electrons. The molecule has 1 heterocycles. The number of aromatic nitrogens is 1. The van der Waals surface area contributed by atoms with Crippen molar-refractivity contribution in [2.24, 2.45) is 11.7 Å². The van der Waals surface area contributed by atoms with Crippen molar-refractivity contribution in [2.75, 3.05) is 5.32 Å². The third kappa shape index (κ3) is 4.57. The smallest absolute Gasteiger partial charge is 0.227 e. The van der Waals surface area contributed by atoms with E-state index < -0.39 is 0 Å². The van der Waals surface area contributed by atoms with Gasteiger partial charge in [0.1, 0.15) is 5.75 Å². The van der Waals surface area contributed by atoms with Gasteiger partial charge in [-0.25, -0.2) is 4.98 Å². The summed E-state index contributed by atoms with van der Waals surface area (Å²) in [6.07, 6.45) is 5.41. The minimum absolute atomic E-state index is 0.00661. The van der Waals surface area contributed by atoms with Gasteiger partial charge < -0.3 is 15.8 Å². The molecule has 1 aliphatic rings. The zero-order valence-electron chi connectivity index (χ0n) is 14.8. The predicted molar refractivity (Wildman–Crippen MR) is 98.8 cm³/mol. The molecule has 0 bridgehead atoms. The number of nitrogens with zero attached hydrogens (tertiary/aromatic N) is 1. The van der Waals surface area contributed by atoms with Crippen molar-refractivity contribution < 1.29 is 9.53 Å². The Hall–Kier alpha value is -2.40. The van der Waals surface area contributed by atoms with Gasteiger partial charge in [-0.3, -0.25) is 4.79 Å². The normalized spacial score (nSPS) is 20.1. The molecule has 2 aromatic rings. The summed E-state index contributed by atoms with van der Waals surface area (Å²) >= 11 is 0. The average molecular weight is 339 g/mol. The fourth-order valence-corrected chi connectivity index (χ4v) is 3.17. The highest BCUT2D eigenvalue weighted by Gasteiger charge is 2.25. The summed E-state index contributed by atoms with van der Waals surface area (Å²) < 4.78 is 5.89. The van der Waals surface area contributed by atoms with Gasteiger partial charge in [0.25, 0.3) is 0 Å². The Balaban J connectivity index is 1.71. The van der Waals surface area contributed by atoms with E-state index in [1.807, 2.05) is 44.2 Å². The molecule has 1 amide bonds. The van der Waals surface area contributed by atoms with Crippen molar-refractivity contribution in [3.05, 3.63) is 47.7 Å². The van der Waals surface area contributed by atoms with Gasteiger partial charge in [-0.1, -0.05) is 12.5 Å². The maximum Gasteiger partial charge on any atom is 0.227 e. The number of ether oxygens (including phenoxy) is 1. The standard InChI is InChI=1S/C20H25N3O2/c1-13-8-9-22-19(10-13)25-18-12-17(7-6-14(18)2)23-20(24)15-4-3-5-16(21)11-15/h6-10,12,15-16H,3-5,11,21H2,1-2H3,(H,23,24). The van der Waals surface area contributed by atoms with Crippen molar-refractivity contribution >= 4 is 11.6 Å². The minimum Gasteiger partial charge on any atom is -0.439 e. The molecular weight excluding hydrogens is 314 g/mol. The number of hydrogen-bond acceptors (Lipinski definition) is 4. The van der Waals surface area contributed by atoms with Crippen molar-refractivity contribution in [2.45, 2.75) is 45.6 Å². The molecule has 5 heteroatoms. The lowest BCUT2D eigenvalue weighted by atomic mass is 9.85. The lowest BCUT2D eigenvalue weighted by molar-refractivity contribution is -0.120. The minimum atomic E-state index is -0.00661. The van der Waals surface area contributed by atoms with Crippen molar-refractivity contribution in [3.63, 3.8) is 0 Å². The zero-order valence-corrected chi connectivity index (χ0v) is 14.8. The van der Waals surface area contributed by atoms with Gasteiger partial charge in [0.15, 0.2) is 0 Å². The van der Waals surface area contributed by atoms with E-state index in [4.69, 9.17) is 10.5 Å². The van der Waals surface area contributed by atoms with E-state index in [-0.39, 0.29) is 17.9 Å². The largest absolute Gasteiger partial charge is 0.439 e. The monoisotopic (exact) mass is 339 g/mol. The van der Waals surface area contributed by atoms with Gasteiger partial charge in [-0.05, 0) is 56.4 Å². The van der Waals surface area contributed by atoms with E-state index in [1.54, 1.807) is 6.20 Å². The summed E-state index contributed by atoms with van der Waals surface area (Å²) in [5, 5.41) is 3.00. The van der Waals surface area contributed by atoms with E-state index in [9.17, 15) is 4.79 Å². The Morgan fingerprint density at radius 3 is 2.84 bits per heavy atom. The number of carbonyl (C=O) groups is 1. The Kier molecular flexibility index (Phi) is 5.34. The molecule has 132 valence electrons. The summed E-state index contributed by atoms with van der Waals surface area (Å²) in [7, 11) is 0. The Labute approximate surface area is 148 Å². The molecule has 1 saturated carbocycles. The predicted octanol–water partition coefficient (Wildman–Crippen LogP) is 3.95. The van der Waals surface area contributed by atoms with Crippen molar-refractivity contribution in [1.82, 2.24) is 4.98 Å². The van der Waals surface area contributed by atoms with Crippen LogP contribution in [0.15, 0.2) is 36.5 Å². The van der Waals surface area contributed by atoms with Gasteiger partial charge >= 0.3 is 0 Å². The number of benzene rings is 1. The molecule has 0 spiro atoms. The highest BCUT2D eigenvalue weighted by atomic mass is 16.5. The van der Waals surface area contributed by atoms with Crippen LogP contribution in [0.4, 0.5) is 5.69 Å². The molecule has 0 aliphatic heterocycles. The number of carbonyl (C=O) groups excluding carboxylic acids is 1. The van der Waals surface area contributed by atoms with Crippen LogP contribution in [0.2, 0.25) is 0 Å². The number of nitrogens with two attached hydrogens (primary N) is 1. The van der Waals surface area contributed by atoms with Crippen molar-refractivity contribution in [1.29, 1.82) is 0 Å². The molecule has 0 saturated heterocycles. The molecule has 3 rings (SSSR count). The number of rotatable bonds is 4. The van der Waals surface area contributed by atoms with E-state index in [1.165, 1.54) is 0 Å². The maximum atomic E-state index is 12.5. The van der Waals surface area contributed by atoms with Gasteiger partial charge in [0.2, 0.25) is 11.8 Å². The number of nitrogens with one attached hydrogen (secondary N) is 1. The lowest BCUT2D eigenvalue weighted by Gasteiger charge is -2.25. The fraction of sp³-hybridized carbons (Fsp3) is 0.400. The number of aryl methyl sites for hydroxylation is 2. The third-order valence-electron chi connectivity index (χ3n) is 4.65. The highest BCUT2D eigenvalue weighted by molar-refractivity contribution is 5.92. The van der Waals surface area contributed by atoms with Crippen LogP contribution in [0.5, 0.6) is 11.6 Å². The van der Waals surface area contributed by atoms with Crippen molar-refractivity contribution in [3.8, 4) is 11.6 Å². The SMILES string of the molecule is Cc1ccnc(Oc2cc(NC(=O)C3CCCC(N)C3)ccc2C)c1. The molecule has 2 atom stereocenters. The third-order valence-corrected chi connectivity index (χ3v) is 4.65. The van der Waals surface area contributed by atoms with Gasteiger partial charge in [-0.2, -0.15) is 0 Å². The molecule has 5 nitrogen and oxygen atoms in total. The van der Waals surface area contributed by atoms with Crippen LogP contribution in [0.1, 0.15) is 36.8 Å². The van der Waals surface area contributed by atoms with Crippen LogP contribution in [0.25, 0.3) is 0 Å². The quantitative estimate of drug-likeness (QED) is 0.884. The first-order valence-electron chi connectivity index (χ1n) is 8.79. The van der Waals surface area contributed by atoms with E-state index >= 15 is 0 Å². The second-order valence-electron chi connectivity index (χ2n) is 6.87. The Bertz CT molecular complexity index is 760. The second kappa shape index (κ2) is 7.66. The number of pyridine rings is 1. The van der Waals surface area contributed by atoms with Crippen LogP contribution in [0, 0.1) is 19.8 Å². The van der Waals surface area contributed by atoms with Gasteiger partial charge in [-0.15, -0.1) is 0 Å². The zero-order chi connectivity index (χ0) is 17.8. The average Bonchev–Trinajstić information content (AvgIpc) is 2.58. The molecule has 1 aromatic carbocycles. The summed E-state index contributed by atoms with van der Waals surface area (Å²) in [6.45, 7) is 3.96. The first-order chi connectivity index (χ1) is 12.0. The van der Waals surface area contributed by atoms with E-state index in [2.05, 4.69) is 10.3 Å². The highest BCUT2D eigenvalue weighted by Crippen LogP contribution is 2.29. The Morgan fingerprint density at radius 2 is 2.08 bits per heavy atom. The first-order valence-corrected chi connectivity index (χ1v) is 8.79. The van der Waals surface area contributed by atoms with Crippen LogP contribution in [0.3, 0.4) is 0 Å². The maximum absolute atomic E-state index is 12.5. The topological polar surface area (TPSA) is 77.2 Å². The number of anilines is 1. The molecule has 1 fully saturated rings. The summed E-state index contributed by atoms with van der Waals surface area (Å²) in [5.74, 6) is 1.27. The molecular formula is C20H25N3O2. The lowest BCUT2D eigenvalue weighted by Crippen LogP contribution is -2.34. The van der Waals surface area contributed by atoms with E-state index in [0.717, 1.165) is 42.5 Å².